The molecule has 0 aliphatic rings. The Hall–Kier alpha value is -3.83. The molecule has 5 heteroatoms. The first-order chi connectivity index (χ1) is 21.7. The molecule has 46 heavy (non-hydrogen) atoms. The van der Waals surface area contributed by atoms with E-state index in [1.54, 1.807) is 0 Å². The first kappa shape index (κ1) is 33.5. The van der Waals surface area contributed by atoms with Crippen LogP contribution >= 0.6 is 0 Å². The van der Waals surface area contributed by atoms with Crippen molar-refractivity contribution in [1.29, 1.82) is 0 Å². The molecule has 0 unspecified atom stereocenters. The molecule has 0 spiro atoms. The minimum Gasteiger partial charge on any atom is 0 e. The third kappa shape index (κ3) is 7.26. The van der Waals surface area contributed by atoms with E-state index in [4.69, 9.17) is 4.42 Å². The van der Waals surface area contributed by atoms with Gasteiger partial charge >= 0.3 is 106 Å². The molecule has 0 fully saturated rings. The van der Waals surface area contributed by atoms with E-state index in [0.717, 1.165) is 50.0 Å². The van der Waals surface area contributed by atoms with Gasteiger partial charge in [0.05, 0.1) is 5.58 Å². The van der Waals surface area contributed by atoms with Crippen molar-refractivity contribution in [3.8, 4) is 33.6 Å². The van der Waals surface area contributed by atoms with Crippen molar-refractivity contribution < 1.29 is 24.5 Å². The molecule has 3 nitrogen and oxygen atoms in total. The van der Waals surface area contributed by atoms with Crippen molar-refractivity contribution in [2.45, 2.75) is 44.0 Å². The second-order valence-electron chi connectivity index (χ2n) is 12.8. The Morgan fingerprint density at radius 2 is 1.50 bits per heavy atom. The summed E-state index contributed by atoms with van der Waals surface area (Å²) in [6, 6.07) is 41.8. The van der Waals surface area contributed by atoms with Crippen molar-refractivity contribution >= 4 is 39.6 Å². The van der Waals surface area contributed by atoms with Crippen LogP contribution in [0, 0.1) is 19.1 Å². The van der Waals surface area contributed by atoms with Gasteiger partial charge in [-0.05, 0) is 34.9 Å². The average molecular weight is 840 g/mol. The van der Waals surface area contributed by atoms with E-state index in [9.17, 15) is 0 Å². The van der Waals surface area contributed by atoms with E-state index < -0.39 is 13.3 Å². The van der Waals surface area contributed by atoms with Crippen molar-refractivity contribution in [2.75, 3.05) is 0 Å². The summed E-state index contributed by atoms with van der Waals surface area (Å²) in [6.07, 6.45) is 3.94. The van der Waals surface area contributed by atoms with Crippen LogP contribution in [0.2, 0.25) is 17.3 Å². The van der Waals surface area contributed by atoms with Crippen LogP contribution in [0.3, 0.4) is 0 Å². The standard InChI is InChI=1S/C26H20NO.C15H18GeN.Ir/c1-17(2)19-13-14-27-24(15-19)23-10-6-9-22-21-12-11-20(16-25(21)28-26(22)23)18-7-4-3-5-8-18;1-12-10-15(13-8-6-5-7-9-13)17-11-14(12)16(2,3)4;/h3-9,11-17H,1-2H3;5-8,10-11H,1-4H3;/q2*-1;. The van der Waals surface area contributed by atoms with Gasteiger partial charge in [-0.3, -0.25) is 0 Å². The summed E-state index contributed by atoms with van der Waals surface area (Å²) < 4.78 is 7.82. The zero-order valence-electron chi connectivity index (χ0n) is 27.2. The molecule has 3 heterocycles. The monoisotopic (exact) mass is 841 g/mol. The van der Waals surface area contributed by atoms with Crippen molar-refractivity contribution in [2.24, 2.45) is 0 Å². The maximum absolute atomic E-state index is 6.33. The number of rotatable bonds is 5. The Balaban J connectivity index is 0.000000200. The molecule has 3 aromatic heterocycles. The number of furan rings is 1. The van der Waals surface area contributed by atoms with Crippen LogP contribution in [0.1, 0.15) is 30.9 Å². The van der Waals surface area contributed by atoms with Gasteiger partial charge in [0.15, 0.2) is 0 Å². The molecule has 0 amide bonds. The fraction of sp³-hybridized carbons (Fsp3) is 0.171. The van der Waals surface area contributed by atoms with Gasteiger partial charge in [0.1, 0.15) is 5.58 Å². The van der Waals surface area contributed by atoms with Gasteiger partial charge in [-0.15, -0.1) is 18.2 Å². The van der Waals surface area contributed by atoms with Gasteiger partial charge in [0.25, 0.3) is 0 Å². The smallest absolute Gasteiger partial charge is 0 e. The SMILES string of the molecule is CC(C)c1ccnc(-c2[c-]ccc3c2oc2cc(-c4ccccc4)ccc23)c1.Cc1cc(-c2[c-]cccc2)nc[c]1[Ge]([CH3])([CH3])[CH3].[Ir]. The molecule has 0 aliphatic carbocycles. The number of nitrogens with zero attached hydrogens (tertiary/aromatic N) is 2. The van der Waals surface area contributed by atoms with Crippen LogP contribution in [-0.4, -0.2) is 23.2 Å². The summed E-state index contributed by atoms with van der Waals surface area (Å²) in [5.74, 6) is 7.65. The topological polar surface area (TPSA) is 38.9 Å². The normalized spacial score (nSPS) is 11.3. The van der Waals surface area contributed by atoms with E-state index in [2.05, 4.69) is 139 Å². The van der Waals surface area contributed by atoms with Crippen molar-refractivity contribution in [3.63, 3.8) is 0 Å². The van der Waals surface area contributed by atoms with Crippen LogP contribution in [0.15, 0.2) is 120 Å². The third-order valence-corrected chi connectivity index (χ3v) is 12.6. The van der Waals surface area contributed by atoms with Crippen LogP contribution in [0.25, 0.3) is 55.6 Å². The number of hydrogen-bond donors (Lipinski definition) is 0. The van der Waals surface area contributed by atoms with Crippen LogP contribution < -0.4 is 4.40 Å². The van der Waals surface area contributed by atoms with Crippen molar-refractivity contribution in [3.05, 3.63) is 139 Å². The van der Waals surface area contributed by atoms with E-state index >= 15 is 0 Å². The second kappa shape index (κ2) is 14.3. The summed E-state index contributed by atoms with van der Waals surface area (Å²) in [5.41, 5.74) is 10.6. The molecule has 0 atom stereocenters. The summed E-state index contributed by atoms with van der Waals surface area (Å²) in [4.78, 5) is 9.18. The average Bonchev–Trinajstić information content (AvgIpc) is 3.43. The quantitative estimate of drug-likeness (QED) is 0.128. The molecule has 0 aliphatic heterocycles. The molecule has 0 saturated carbocycles. The van der Waals surface area contributed by atoms with Gasteiger partial charge in [-0.2, -0.15) is 0 Å². The maximum atomic E-state index is 6.33. The number of aromatic nitrogens is 2. The first-order valence-electron chi connectivity index (χ1n) is 15.5. The number of benzene rings is 4. The number of pyridine rings is 2. The van der Waals surface area contributed by atoms with Gasteiger partial charge in [-0.25, -0.2) is 0 Å². The fourth-order valence-corrected chi connectivity index (χ4v) is 9.31. The number of fused-ring (bicyclic) bond motifs is 3. The number of hydrogen-bond acceptors (Lipinski definition) is 3. The first-order valence-corrected chi connectivity index (χ1v) is 22.9. The van der Waals surface area contributed by atoms with Crippen LogP contribution in [0.5, 0.6) is 0 Å². The van der Waals surface area contributed by atoms with Crippen LogP contribution in [0.4, 0.5) is 0 Å². The Morgan fingerprint density at radius 1 is 0.717 bits per heavy atom. The predicted molar refractivity (Wildman–Crippen MR) is 192 cm³/mol. The molecular formula is C41H38GeIrN2O-2. The van der Waals surface area contributed by atoms with Gasteiger partial charge in [0, 0.05) is 31.7 Å². The fourth-order valence-electron chi connectivity index (χ4n) is 5.73. The Morgan fingerprint density at radius 3 is 2.20 bits per heavy atom. The Bertz CT molecular complexity index is 2080. The van der Waals surface area contributed by atoms with E-state index in [1.165, 1.54) is 21.1 Å². The Labute approximate surface area is 288 Å². The van der Waals surface area contributed by atoms with E-state index in [0.29, 0.717) is 5.92 Å². The largest absolute Gasteiger partial charge is 0 e. The second-order valence-corrected chi connectivity index (χ2v) is 23.4. The molecule has 1 radical (unpaired) electrons. The Kier molecular flexibility index (Phi) is 10.4. The summed E-state index contributed by atoms with van der Waals surface area (Å²) in [6.45, 7) is 6.57. The molecule has 0 saturated heterocycles. The minimum absolute atomic E-state index is 0. The van der Waals surface area contributed by atoms with E-state index in [1.807, 2.05) is 36.5 Å². The van der Waals surface area contributed by atoms with Crippen LogP contribution in [-0.2, 0) is 20.1 Å². The zero-order chi connectivity index (χ0) is 31.6. The molecule has 233 valence electrons. The number of aryl methyl sites for hydroxylation is 1. The summed E-state index contributed by atoms with van der Waals surface area (Å²) >= 11 is -1.77. The summed E-state index contributed by atoms with van der Waals surface area (Å²) in [5, 5.41) is 2.21. The summed E-state index contributed by atoms with van der Waals surface area (Å²) in [7, 11) is 0. The molecule has 7 aromatic rings. The minimum atomic E-state index is -1.77. The molecule has 0 bridgehead atoms. The van der Waals surface area contributed by atoms with Gasteiger partial charge in [0.2, 0.25) is 0 Å². The molecule has 4 aromatic carbocycles. The third-order valence-electron chi connectivity index (χ3n) is 8.15. The van der Waals surface area contributed by atoms with Gasteiger partial charge in [-0.1, -0.05) is 78.9 Å². The molecule has 7 rings (SSSR count). The van der Waals surface area contributed by atoms with Crippen molar-refractivity contribution in [1.82, 2.24) is 9.97 Å². The predicted octanol–water partition coefficient (Wildman–Crippen LogP) is 10.6. The zero-order valence-corrected chi connectivity index (χ0v) is 31.7. The van der Waals surface area contributed by atoms with E-state index in [-0.39, 0.29) is 20.1 Å². The molecular weight excluding hydrogens is 801 g/mol. The maximum Gasteiger partial charge on any atom is 0 e. The van der Waals surface area contributed by atoms with Gasteiger partial charge < -0.3 is 9.40 Å². The molecule has 0 N–H and O–H groups in total.